The quantitative estimate of drug-likeness (QED) is 0.699. The number of unbranched alkanes of at least 4 members (excludes halogenated alkanes) is 1. The molecular weight excluding hydrogens is 204 g/mol. The molecule has 16 heavy (non-hydrogen) atoms. The summed E-state index contributed by atoms with van der Waals surface area (Å²) < 4.78 is 5.59. The van der Waals surface area contributed by atoms with Gasteiger partial charge in [-0.05, 0) is 25.3 Å². The van der Waals surface area contributed by atoms with Gasteiger partial charge in [-0.15, -0.1) is 0 Å². The molecule has 3 nitrogen and oxygen atoms in total. The first-order chi connectivity index (χ1) is 7.79. The summed E-state index contributed by atoms with van der Waals surface area (Å²) in [6.45, 7) is 2.71. The number of rotatable bonds is 7. The molecule has 0 saturated heterocycles. The first kappa shape index (κ1) is 13.0. The summed E-state index contributed by atoms with van der Waals surface area (Å²) >= 11 is 0. The Morgan fingerprint density at radius 1 is 1.25 bits per heavy atom. The molecule has 0 fully saturated rings. The second-order valence-corrected chi connectivity index (χ2v) is 3.74. The molecule has 1 atom stereocenters. The van der Waals surface area contributed by atoms with Crippen LogP contribution in [-0.2, 0) is 0 Å². The van der Waals surface area contributed by atoms with Crippen LogP contribution in [0.15, 0.2) is 24.3 Å². The minimum Gasteiger partial charge on any atom is -0.493 e. The predicted octanol–water partition coefficient (Wildman–Crippen LogP) is 2.28. The van der Waals surface area contributed by atoms with Crippen LogP contribution in [0.5, 0.6) is 5.75 Å². The predicted molar refractivity (Wildman–Crippen MR) is 63.5 cm³/mol. The molecule has 0 spiro atoms. The Kier molecular flexibility index (Phi) is 5.90. The maximum Gasteiger partial charge on any atom is 0.125 e. The van der Waals surface area contributed by atoms with E-state index in [-0.39, 0.29) is 6.61 Å². The summed E-state index contributed by atoms with van der Waals surface area (Å²) in [5.74, 6) is 0.745. The molecule has 0 amide bonds. The Morgan fingerprint density at radius 3 is 2.69 bits per heavy atom. The Morgan fingerprint density at radius 2 is 2.00 bits per heavy atom. The summed E-state index contributed by atoms with van der Waals surface area (Å²) in [5.41, 5.74) is 0.842. The van der Waals surface area contributed by atoms with Gasteiger partial charge in [0.25, 0.3) is 0 Å². The van der Waals surface area contributed by atoms with E-state index < -0.39 is 6.10 Å². The third-order valence-corrected chi connectivity index (χ3v) is 2.47. The van der Waals surface area contributed by atoms with Gasteiger partial charge >= 0.3 is 0 Å². The van der Waals surface area contributed by atoms with E-state index in [0.717, 1.165) is 24.2 Å². The minimum atomic E-state index is -0.464. The number of aliphatic hydroxyl groups excluding tert-OH is 2. The average Bonchev–Trinajstić information content (AvgIpc) is 2.34. The second-order valence-electron chi connectivity index (χ2n) is 3.74. The summed E-state index contributed by atoms with van der Waals surface area (Å²) in [6.07, 6.45) is 1.79. The molecule has 0 bridgehead atoms. The highest BCUT2D eigenvalue weighted by Crippen LogP contribution is 2.26. The Bertz CT molecular complexity index is 299. The van der Waals surface area contributed by atoms with Crippen LogP contribution < -0.4 is 4.74 Å². The molecule has 0 radical (unpaired) electrons. The van der Waals surface area contributed by atoms with Gasteiger partial charge in [0.05, 0.1) is 12.7 Å². The van der Waals surface area contributed by atoms with Crippen LogP contribution in [0.3, 0.4) is 0 Å². The standard InChI is InChI=1S/C13H20O3/c1-2-12(15)11-7-3-4-8-13(11)16-10-6-5-9-14/h3-4,7-8,12,14-15H,2,5-6,9-10H2,1H3. The molecule has 0 saturated carbocycles. The van der Waals surface area contributed by atoms with E-state index in [1.165, 1.54) is 0 Å². The van der Waals surface area contributed by atoms with E-state index in [2.05, 4.69) is 0 Å². The fourth-order valence-electron chi connectivity index (χ4n) is 1.50. The van der Waals surface area contributed by atoms with Gasteiger partial charge in [-0.25, -0.2) is 0 Å². The van der Waals surface area contributed by atoms with Gasteiger partial charge in [0.15, 0.2) is 0 Å². The van der Waals surface area contributed by atoms with Gasteiger partial charge in [0.2, 0.25) is 0 Å². The fraction of sp³-hybridized carbons (Fsp3) is 0.538. The Labute approximate surface area is 96.7 Å². The lowest BCUT2D eigenvalue weighted by Crippen LogP contribution is -2.04. The van der Waals surface area contributed by atoms with Crippen molar-refractivity contribution >= 4 is 0 Å². The number of aliphatic hydroxyl groups is 2. The average molecular weight is 224 g/mol. The highest BCUT2D eigenvalue weighted by atomic mass is 16.5. The maximum absolute atomic E-state index is 9.79. The molecule has 0 aliphatic carbocycles. The molecule has 90 valence electrons. The molecule has 1 aromatic rings. The lowest BCUT2D eigenvalue weighted by Gasteiger charge is -2.14. The zero-order chi connectivity index (χ0) is 11.8. The van der Waals surface area contributed by atoms with Crippen molar-refractivity contribution in [2.24, 2.45) is 0 Å². The van der Waals surface area contributed by atoms with E-state index in [0.29, 0.717) is 13.0 Å². The first-order valence-corrected chi connectivity index (χ1v) is 5.80. The number of para-hydroxylation sites is 1. The lowest BCUT2D eigenvalue weighted by atomic mass is 10.1. The van der Waals surface area contributed by atoms with Crippen LogP contribution in [0.4, 0.5) is 0 Å². The van der Waals surface area contributed by atoms with Crippen molar-refractivity contribution in [3.63, 3.8) is 0 Å². The fourth-order valence-corrected chi connectivity index (χ4v) is 1.50. The molecule has 2 N–H and O–H groups in total. The van der Waals surface area contributed by atoms with Crippen molar-refractivity contribution in [3.05, 3.63) is 29.8 Å². The zero-order valence-corrected chi connectivity index (χ0v) is 9.72. The van der Waals surface area contributed by atoms with Crippen molar-refractivity contribution in [1.29, 1.82) is 0 Å². The SMILES string of the molecule is CCC(O)c1ccccc1OCCCCO. The summed E-state index contributed by atoms with van der Waals surface area (Å²) in [6, 6.07) is 7.55. The van der Waals surface area contributed by atoms with Crippen molar-refractivity contribution in [2.45, 2.75) is 32.3 Å². The molecule has 0 aliphatic rings. The molecule has 0 heterocycles. The number of ether oxygens (including phenoxy) is 1. The van der Waals surface area contributed by atoms with Gasteiger partial charge < -0.3 is 14.9 Å². The van der Waals surface area contributed by atoms with Crippen LogP contribution in [0.1, 0.15) is 37.9 Å². The van der Waals surface area contributed by atoms with Gasteiger partial charge in [-0.1, -0.05) is 25.1 Å². The summed E-state index contributed by atoms with van der Waals surface area (Å²) in [4.78, 5) is 0. The highest BCUT2D eigenvalue weighted by molar-refractivity contribution is 5.34. The molecular formula is C13H20O3. The van der Waals surface area contributed by atoms with Crippen LogP contribution in [0.25, 0.3) is 0 Å². The van der Waals surface area contributed by atoms with Crippen LogP contribution in [-0.4, -0.2) is 23.4 Å². The topological polar surface area (TPSA) is 49.7 Å². The zero-order valence-electron chi connectivity index (χ0n) is 9.72. The molecule has 0 aromatic heterocycles. The van der Waals surface area contributed by atoms with Crippen LogP contribution in [0, 0.1) is 0 Å². The van der Waals surface area contributed by atoms with E-state index >= 15 is 0 Å². The van der Waals surface area contributed by atoms with E-state index in [4.69, 9.17) is 9.84 Å². The monoisotopic (exact) mass is 224 g/mol. The first-order valence-electron chi connectivity index (χ1n) is 5.80. The van der Waals surface area contributed by atoms with Crippen LogP contribution >= 0.6 is 0 Å². The lowest BCUT2D eigenvalue weighted by molar-refractivity contribution is 0.166. The molecule has 3 heteroatoms. The maximum atomic E-state index is 9.79. The summed E-state index contributed by atoms with van der Waals surface area (Å²) in [5, 5.41) is 18.4. The highest BCUT2D eigenvalue weighted by Gasteiger charge is 2.10. The van der Waals surface area contributed by atoms with Crippen molar-refractivity contribution in [2.75, 3.05) is 13.2 Å². The van der Waals surface area contributed by atoms with Gasteiger partial charge in [-0.2, -0.15) is 0 Å². The Balaban J connectivity index is 2.57. The number of benzene rings is 1. The minimum absolute atomic E-state index is 0.197. The molecule has 0 aliphatic heterocycles. The van der Waals surface area contributed by atoms with Gasteiger partial charge in [-0.3, -0.25) is 0 Å². The summed E-state index contributed by atoms with van der Waals surface area (Å²) in [7, 11) is 0. The molecule has 1 unspecified atom stereocenters. The van der Waals surface area contributed by atoms with Gasteiger partial charge in [0.1, 0.15) is 5.75 Å². The molecule has 1 rings (SSSR count). The van der Waals surface area contributed by atoms with E-state index in [1.54, 1.807) is 0 Å². The smallest absolute Gasteiger partial charge is 0.125 e. The third-order valence-electron chi connectivity index (χ3n) is 2.47. The van der Waals surface area contributed by atoms with Crippen molar-refractivity contribution in [3.8, 4) is 5.75 Å². The van der Waals surface area contributed by atoms with Crippen LogP contribution in [0.2, 0.25) is 0 Å². The second kappa shape index (κ2) is 7.25. The van der Waals surface area contributed by atoms with Crippen molar-refractivity contribution in [1.82, 2.24) is 0 Å². The number of hydrogen-bond acceptors (Lipinski definition) is 3. The van der Waals surface area contributed by atoms with E-state index in [9.17, 15) is 5.11 Å². The number of hydrogen-bond donors (Lipinski definition) is 2. The third kappa shape index (κ3) is 3.83. The Hall–Kier alpha value is -1.06. The van der Waals surface area contributed by atoms with E-state index in [1.807, 2.05) is 31.2 Å². The van der Waals surface area contributed by atoms with Crippen molar-refractivity contribution < 1.29 is 14.9 Å². The van der Waals surface area contributed by atoms with Gasteiger partial charge in [0, 0.05) is 12.2 Å². The molecule has 1 aromatic carbocycles. The normalized spacial score (nSPS) is 12.4. The largest absolute Gasteiger partial charge is 0.493 e.